The van der Waals surface area contributed by atoms with Crippen molar-refractivity contribution < 1.29 is 33.0 Å². The number of aryl methyl sites for hydroxylation is 1. The van der Waals surface area contributed by atoms with E-state index in [2.05, 4.69) is 0 Å². The number of phenols is 2. The molecule has 3 aromatic rings. The van der Waals surface area contributed by atoms with Gasteiger partial charge in [-0.3, -0.25) is 10.1 Å². The van der Waals surface area contributed by atoms with Crippen molar-refractivity contribution in [1.82, 2.24) is 0 Å². The summed E-state index contributed by atoms with van der Waals surface area (Å²) in [5, 5.41) is 53.0. The van der Waals surface area contributed by atoms with E-state index in [1.165, 1.54) is 31.2 Å². The molecule has 0 saturated carbocycles. The van der Waals surface area contributed by atoms with Crippen LogP contribution < -0.4 is 4.73 Å². The molecule has 0 aliphatic heterocycles. The molecule has 0 aliphatic carbocycles. The van der Waals surface area contributed by atoms with Crippen LogP contribution in [0.25, 0.3) is 22.9 Å². The molecule has 0 radical (unpaired) electrons. The van der Waals surface area contributed by atoms with Gasteiger partial charge in [0.15, 0.2) is 11.4 Å². The standard InChI is InChI=1S/C22H14F3N3O5/c1-12-7-17(22(23,24)25)16(20(27(12)31)13-5-3-2-4-6-13)8-15(11-26)14-9-18(28(32)33)21(30)19(29)10-14/h2-10,29-30H,1H3/b15-8-. The number of nitriles is 1. The Balaban J connectivity index is 2.42. The zero-order valence-corrected chi connectivity index (χ0v) is 16.8. The lowest BCUT2D eigenvalue weighted by Gasteiger charge is -2.17. The molecule has 3 rings (SSSR count). The van der Waals surface area contributed by atoms with Gasteiger partial charge < -0.3 is 15.4 Å². The summed E-state index contributed by atoms with van der Waals surface area (Å²) in [5.41, 5.74) is -4.11. The number of alkyl halides is 3. The Morgan fingerprint density at radius 3 is 2.36 bits per heavy atom. The summed E-state index contributed by atoms with van der Waals surface area (Å²) >= 11 is 0. The van der Waals surface area contributed by atoms with Gasteiger partial charge in [-0.05, 0) is 24.3 Å². The fourth-order valence-corrected chi connectivity index (χ4v) is 3.23. The van der Waals surface area contributed by atoms with Crippen LogP contribution >= 0.6 is 0 Å². The monoisotopic (exact) mass is 457 g/mol. The molecule has 33 heavy (non-hydrogen) atoms. The SMILES string of the molecule is Cc1cc(C(F)(F)F)c(/C=C(/C#N)c2cc(O)c(O)c([N+](=O)[O-])c2)c(-c2ccccc2)[n+]1[O-]. The van der Waals surface area contributed by atoms with Crippen LogP contribution in [0.2, 0.25) is 0 Å². The molecule has 1 aromatic heterocycles. The van der Waals surface area contributed by atoms with E-state index in [0.29, 0.717) is 10.8 Å². The first-order chi connectivity index (χ1) is 15.5. The number of benzene rings is 2. The van der Waals surface area contributed by atoms with Crippen molar-refractivity contribution in [3.05, 3.63) is 86.2 Å². The molecular weight excluding hydrogens is 443 g/mol. The van der Waals surface area contributed by atoms with Crippen molar-refractivity contribution in [3.8, 4) is 28.8 Å². The van der Waals surface area contributed by atoms with Gasteiger partial charge in [0.25, 0.3) is 0 Å². The fraction of sp³-hybridized carbons (Fsp3) is 0.0909. The number of nitro benzene ring substituents is 1. The van der Waals surface area contributed by atoms with Crippen molar-refractivity contribution in [2.75, 3.05) is 0 Å². The van der Waals surface area contributed by atoms with E-state index >= 15 is 0 Å². The topological polar surface area (TPSA) is 134 Å². The number of rotatable bonds is 4. The molecule has 0 atom stereocenters. The van der Waals surface area contributed by atoms with E-state index in [-0.39, 0.29) is 22.5 Å². The minimum Gasteiger partial charge on any atom is -0.618 e. The van der Waals surface area contributed by atoms with Crippen LogP contribution in [0.3, 0.4) is 0 Å². The Labute approximate surface area is 184 Å². The quantitative estimate of drug-likeness (QED) is 0.146. The molecule has 0 saturated heterocycles. The second-order valence-corrected chi connectivity index (χ2v) is 6.91. The third-order valence-corrected chi connectivity index (χ3v) is 4.76. The van der Waals surface area contributed by atoms with E-state index < -0.39 is 45.0 Å². The van der Waals surface area contributed by atoms with Gasteiger partial charge >= 0.3 is 11.9 Å². The Morgan fingerprint density at radius 1 is 1.18 bits per heavy atom. The van der Waals surface area contributed by atoms with Crippen LogP contribution in [0.15, 0.2) is 48.5 Å². The lowest BCUT2D eigenvalue weighted by Crippen LogP contribution is -2.35. The summed E-state index contributed by atoms with van der Waals surface area (Å²) in [6, 6.07) is 11.3. The largest absolute Gasteiger partial charge is 0.618 e. The highest BCUT2D eigenvalue weighted by Gasteiger charge is 2.38. The summed E-state index contributed by atoms with van der Waals surface area (Å²) in [5.74, 6) is -2.00. The minimum atomic E-state index is -4.90. The maximum absolute atomic E-state index is 13.9. The zero-order valence-electron chi connectivity index (χ0n) is 16.8. The number of phenolic OH excluding ortho intramolecular Hbond substituents is 2. The van der Waals surface area contributed by atoms with E-state index in [1.807, 2.05) is 0 Å². The van der Waals surface area contributed by atoms with Gasteiger partial charge in [0, 0.05) is 30.2 Å². The van der Waals surface area contributed by atoms with Gasteiger partial charge in [-0.2, -0.15) is 23.2 Å². The van der Waals surface area contributed by atoms with Crippen LogP contribution in [-0.4, -0.2) is 15.1 Å². The molecule has 2 N–H and O–H groups in total. The zero-order chi connectivity index (χ0) is 24.5. The van der Waals surface area contributed by atoms with E-state index in [0.717, 1.165) is 18.2 Å². The van der Waals surface area contributed by atoms with Crippen LogP contribution in [-0.2, 0) is 6.18 Å². The highest BCUT2D eigenvalue weighted by atomic mass is 19.4. The molecule has 1 heterocycles. The summed E-state index contributed by atoms with van der Waals surface area (Å²) in [6.45, 7) is 1.20. The lowest BCUT2D eigenvalue weighted by atomic mass is 9.95. The van der Waals surface area contributed by atoms with Gasteiger partial charge in [0.05, 0.1) is 27.7 Å². The smallest absolute Gasteiger partial charge is 0.417 e. The molecule has 0 aliphatic rings. The van der Waals surface area contributed by atoms with Crippen LogP contribution in [0.1, 0.15) is 22.4 Å². The van der Waals surface area contributed by atoms with E-state index in [1.54, 1.807) is 12.1 Å². The number of halogens is 3. The summed E-state index contributed by atoms with van der Waals surface area (Å²) in [6.07, 6.45) is -4.13. The van der Waals surface area contributed by atoms with Gasteiger partial charge in [-0.15, -0.1) is 0 Å². The average Bonchev–Trinajstić information content (AvgIpc) is 2.75. The van der Waals surface area contributed by atoms with Gasteiger partial charge in [0.2, 0.25) is 11.4 Å². The number of nitro groups is 1. The third-order valence-electron chi connectivity index (χ3n) is 4.76. The predicted molar refractivity (Wildman–Crippen MR) is 110 cm³/mol. The maximum atomic E-state index is 13.9. The Kier molecular flexibility index (Phi) is 5.95. The van der Waals surface area contributed by atoms with Crippen LogP contribution in [0.4, 0.5) is 18.9 Å². The number of allylic oxidation sites excluding steroid dienone is 1. The Hall–Kier alpha value is -4.59. The molecular formula is C22H14F3N3O5. The van der Waals surface area contributed by atoms with Crippen molar-refractivity contribution in [2.24, 2.45) is 0 Å². The minimum absolute atomic E-state index is 0.143. The summed E-state index contributed by atoms with van der Waals surface area (Å²) in [7, 11) is 0. The first kappa shape index (κ1) is 23.1. The first-order valence-electron chi connectivity index (χ1n) is 9.18. The maximum Gasteiger partial charge on any atom is 0.417 e. The highest BCUT2D eigenvalue weighted by Crippen LogP contribution is 2.40. The van der Waals surface area contributed by atoms with Crippen molar-refractivity contribution in [3.63, 3.8) is 0 Å². The van der Waals surface area contributed by atoms with Crippen molar-refractivity contribution >= 4 is 17.3 Å². The van der Waals surface area contributed by atoms with Crippen LogP contribution in [0, 0.1) is 33.6 Å². The molecule has 8 nitrogen and oxygen atoms in total. The van der Waals surface area contributed by atoms with Gasteiger partial charge in [0.1, 0.15) is 0 Å². The predicted octanol–water partition coefficient (Wildman–Crippen LogP) is 4.70. The molecule has 11 heteroatoms. The fourth-order valence-electron chi connectivity index (χ4n) is 3.23. The number of pyridine rings is 1. The molecule has 0 amide bonds. The number of nitrogens with zero attached hydrogens (tertiary/aromatic N) is 3. The Morgan fingerprint density at radius 2 is 1.82 bits per heavy atom. The first-order valence-corrected chi connectivity index (χ1v) is 9.18. The van der Waals surface area contributed by atoms with Crippen molar-refractivity contribution in [1.29, 1.82) is 5.26 Å². The third kappa shape index (κ3) is 4.40. The lowest BCUT2D eigenvalue weighted by molar-refractivity contribution is -0.601. The van der Waals surface area contributed by atoms with E-state index in [9.17, 15) is 44.0 Å². The number of hydrogen-bond acceptors (Lipinski definition) is 6. The van der Waals surface area contributed by atoms with E-state index in [4.69, 9.17) is 0 Å². The molecule has 0 unspecified atom stereocenters. The summed E-state index contributed by atoms with van der Waals surface area (Å²) < 4.78 is 42.0. The molecule has 0 fully saturated rings. The highest BCUT2D eigenvalue weighted by molar-refractivity contribution is 5.94. The molecule has 168 valence electrons. The molecule has 2 aromatic carbocycles. The number of aromatic hydroxyl groups is 2. The van der Waals surface area contributed by atoms with Gasteiger partial charge in [-0.25, -0.2) is 0 Å². The second-order valence-electron chi connectivity index (χ2n) is 6.91. The number of hydrogen-bond donors (Lipinski definition) is 2. The van der Waals surface area contributed by atoms with Crippen LogP contribution in [0.5, 0.6) is 11.5 Å². The van der Waals surface area contributed by atoms with Crippen molar-refractivity contribution in [2.45, 2.75) is 13.1 Å². The number of aromatic nitrogens is 1. The average molecular weight is 457 g/mol. The molecule has 0 bridgehead atoms. The normalized spacial score (nSPS) is 11.8. The van der Waals surface area contributed by atoms with Gasteiger partial charge in [-0.1, -0.05) is 18.2 Å². The second kappa shape index (κ2) is 8.51. The summed E-state index contributed by atoms with van der Waals surface area (Å²) in [4.78, 5) is 10.1. The molecule has 0 spiro atoms. The Bertz CT molecular complexity index is 1330.